The van der Waals surface area contributed by atoms with Gasteiger partial charge in [-0.2, -0.15) is 0 Å². The van der Waals surface area contributed by atoms with E-state index < -0.39 is 0 Å². The Hall–Kier alpha value is -1.03. The molecule has 1 heterocycles. The highest BCUT2D eigenvalue weighted by Gasteiger charge is 2.22. The van der Waals surface area contributed by atoms with Gasteiger partial charge in [0, 0.05) is 4.88 Å². The van der Waals surface area contributed by atoms with E-state index in [9.17, 15) is 4.79 Å². The predicted molar refractivity (Wildman–Crippen MR) is 65.9 cm³/mol. The number of aryl methyl sites for hydroxylation is 1. The van der Waals surface area contributed by atoms with Gasteiger partial charge in [0.25, 0.3) is 0 Å². The number of carbonyl (C=O) groups excluding carboxylic acids is 1. The van der Waals surface area contributed by atoms with E-state index >= 15 is 0 Å². The second-order valence-electron chi connectivity index (χ2n) is 4.03. The monoisotopic (exact) mass is 239 g/mol. The second kappa shape index (κ2) is 4.87. The van der Waals surface area contributed by atoms with Crippen LogP contribution in [0.15, 0.2) is 0 Å². The molecule has 1 aliphatic carbocycles. The summed E-state index contributed by atoms with van der Waals surface area (Å²) in [5.74, 6) is -0.266. The van der Waals surface area contributed by atoms with Crippen LogP contribution < -0.4 is 5.73 Å². The van der Waals surface area contributed by atoms with Crippen LogP contribution in [0.2, 0.25) is 0 Å². The van der Waals surface area contributed by atoms with E-state index in [1.807, 2.05) is 6.92 Å². The minimum atomic E-state index is -0.266. The van der Waals surface area contributed by atoms with Gasteiger partial charge < -0.3 is 10.5 Å². The van der Waals surface area contributed by atoms with E-state index in [1.54, 1.807) is 0 Å². The van der Waals surface area contributed by atoms with Crippen molar-refractivity contribution >= 4 is 23.0 Å². The summed E-state index contributed by atoms with van der Waals surface area (Å²) in [4.78, 5) is 13.6. The zero-order valence-electron chi connectivity index (χ0n) is 9.54. The number of fused-ring (bicyclic) bond motifs is 1. The Kier molecular flexibility index (Phi) is 3.49. The van der Waals surface area contributed by atoms with Crippen LogP contribution in [-0.2, 0) is 17.6 Å². The van der Waals surface area contributed by atoms with E-state index in [-0.39, 0.29) is 5.97 Å². The first kappa shape index (κ1) is 11.5. The molecule has 4 heteroatoms. The van der Waals surface area contributed by atoms with Crippen LogP contribution in [0.25, 0.3) is 0 Å². The van der Waals surface area contributed by atoms with Crippen LogP contribution in [0.4, 0.5) is 5.69 Å². The molecule has 0 atom stereocenters. The number of ether oxygens (including phenoxy) is 1. The van der Waals surface area contributed by atoms with Crippen molar-refractivity contribution in [3.8, 4) is 0 Å². The Labute approximate surface area is 99.6 Å². The highest BCUT2D eigenvalue weighted by Crippen LogP contribution is 2.35. The van der Waals surface area contributed by atoms with Gasteiger partial charge in [0.1, 0.15) is 4.88 Å². The molecule has 0 saturated heterocycles. The standard InChI is InChI=1S/C12H17NO2S/c1-2-15-12(14)11-10(13)8-6-4-3-5-7-9(8)16-11/h2-7,13H2,1H3. The van der Waals surface area contributed by atoms with Crippen LogP contribution in [0.1, 0.15) is 46.3 Å². The summed E-state index contributed by atoms with van der Waals surface area (Å²) in [5.41, 5.74) is 7.90. The van der Waals surface area contributed by atoms with Gasteiger partial charge in [0.2, 0.25) is 0 Å². The fourth-order valence-corrected chi connectivity index (χ4v) is 3.32. The lowest BCUT2D eigenvalue weighted by Gasteiger charge is -2.01. The summed E-state index contributed by atoms with van der Waals surface area (Å²) >= 11 is 1.52. The molecule has 0 bridgehead atoms. The van der Waals surface area contributed by atoms with Crippen LogP contribution in [0, 0.1) is 0 Å². The SMILES string of the molecule is CCOC(=O)c1sc2c(c1N)CCCCC2. The number of carbonyl (C=O) groups is 1. The fourth-order valence-electron chi connectivity index (χ4n) is 2.12. The molecule has 0 saturated carbocycles. The number of esters is 1. The molecule has 0 spiro atoms. The molecule has 1 aromatic heterocycles. The zero-order chi connectivity index (χ0) is 11.5. The second-order valence-corrected chi connectivity index (χ2v) is 5.13. The molecule has 0 aromatic carbocycles. The summed E-state index contributed by atoms with van der Waals surface area (Å²) in [5, 5.41) is 0. The predicted octanol–water partition coefficient (Wildman–Crippen LogP) is 2.78. The lowest BCUT2D eigenvalue weighted by atomic mass is 10.1. The van der Waals surface area contributed by atoms with Crippen molar-refractivity contribution in [1.29, 1.82) is 0 Å². The smallest absolute Gasteiger partial charge is 0.350 e. The molecule has 0 radical (unpaired) electrons. The van der Waals surface area contributed by atoms with Gasteiger partial charge in [0.15, 0.2) is 0 Å². The molecule has 88 valence electrons. The number of rotatable bonds is 2. The summed E-state index contributed by atoms with van der Waals surface area (Å²) in [7, 11) is 0. The molecule has 2 rings (SSSR count). The van der Waals surface area contributed by atoms with E-state index in [2.05, 4.69) is 0 Å². The Morgan fingerprint density at radius 2 is 2.12 bits per heavy atom. The number of thiophene rings is 1. The molecular formula is C12H17NO2S. The Balaban J connectivity index is 2.31. The van der Waals surface area contributed by atoms with Gasteiger partial charge in [-0.15, -0.1) is 11.3 Å². The van der Waals surface area contributed by atoms with E-state index in [4.69, 9.17) is 10.5 Å². The molecule has 0 aliphatic heterocycles. The molecular weight excluding hydrogens is 222 g/mol. The molecule has 0 unspecified atom stereocenters. The molecule has 0 fully saturated rings. The first-order valence-electron chi connectivity index (χ1n) is 5.81. The Bertz CT molecular complexity index is 398. The molecule has 16 heavy (non-hydrogen) atoms. The summed E-state index contributed by atoms with van der Waals surface area (Å²) in [6, 6.07) is 0. The van der Waals surface area contributed by atoms with Gasteiger partial charge in [-0.25, -0.2) is 4.79 Å². The van der Waals surface area contributed by atoms with Gasteiger partial charge in [-0.05, 0) is 38.2 Å². The molecule has 0 amide bonds. The van der Waals surface area contributed by atoms with Crippen molar-refractivity contribution < 1.29 is 9.53 Å². The minimum absolute atomic E-state index is 0.266. The van der Waals surface area contributed by atoms with Crippen LogP contribution >= 0.6 is 11.3 Å². The van der Waals surface area contributed by atoms with Crippen LogP contribution in [-0.4, -0.2) is 12.6 Å². The maximum Gasteiger partial charge on any atom is 0.350 e. The first-order valence-corrected chi connectivity index (χ1v) is 6.62. The lowest BCUT2D eigenvalue weighted by molar-refractivity contribution is 0.0533. The minimum Gasteiger partial charge on any atom is -0.462 e. The highest BCUT2D eigenvalue weighted by atomic mass is 32.1. The van der Waals surface area contributed by atoms with Crippen LogP contribution in [0.5, 0.6) is 0 Å². The molecule has 2 N–H and O–H groups in total. The maximum absolute atomic E-state index is 11.7. The van der Waals surface area contributed by atoms with Gasteiger partial charge in [-0.3, -0.25) is 0 Å². The van der Waals surface area contributed by atoms with Crippen molar-refractivity contribution in [3.63, 3.8) is 0 Å². The Morgan fingerprint density at radius 3 is 2.88 bits per heavy atom. The van der Waals surface area contributed by atoms with E-state index in [0.717, 1.165) is 12.8 Å². The lowest BCUT2D eigenvalue weighted by Crippen LogP contribution is -2.05. The van der Waals surface area contributed by atoms with Crippen molar-refractivity contribution in [1.82, 2.24) is 0 Å². The fraction of sp³-hybridized carbons (Fsp3) is 0.583. The summed E-state index contributed by atoms with van der Waals surface area (Å²) in [6.45, 7) is 2.22. The maximum atomic E-state index is 11.7. The molecule has 3 nitrogen and oxygen atoms in total. The van der Waals surface area contributed by atoms with Crippen LogP contribution in [0.3, 0.4) is 0 Å². The van der Waals surface area contributed by atoms with Gasteiger partial charge in [0.05, 0.1) is 12.3 Å². The molecule has 1 aliphatic rings. The third-order valence-electron chi connectivity index (χ3n) is 2.92. The van der Waals surface area contributed by atoms with Crippen molar-refractivity contribution in [2.24, 2.45) is 0 Å². The topological polar surface area (TPSA) is 52.3 Å². The number of nitrogens with two attached hydrogens (primary N) is 1. The van der Waals surface area contributed by atoms with Crippen molar-refractivity contribution in [3.05, 3.63) is 15.3 Å². The van der Waals surface area contributed by atoms with E-state index in [0.29, 0.717) is 17.2 Å². The summed E-state index contributed by atoms with van der Waals surface area (Å²) < 4.78 is 5.01. The van der Waals surface area contributed by atoms with Crippen molar-refractivity contribution in [2.45, 2.75) is 39.0 Å². The Morgan fingerprint density at radius 1 is 1.38 bits per heavy atom. The third kappa shape index (κ3) is 2.07. The first-order chi connectivity index (χ1) is 7.74. The average molecular weight is 239 g/mol. The largest absolute Gasteiger partial charge is 0.462 e. The summed E-state index contributed by atoms with van der Waals surface area (Å²) in [6.07, 6.45) is 5.71. The number of nitrogen functional groups attached to an aromatic ring is 1. The molecule has 1 aromatic rings. The van der Waals surface area contributed by atoms with Gasteiger partial charge in [-0.1, -0.05) is 6.42 Å². The van der Waals surface area contributed by atoms with E-state index in [1.165, 1.54) is 41.0 Å². The quantitative estimate of drug-likeness (QED) is 0.637. The third-order valence-corrected chi connectivity index (χ3v) is 4.21. The number of hydrogen-bond acceptors (Lipinski definition) is 4. The van der Waals surface area contributed by atoms with Gasteiger partial charge >= 0.3 is 5.97 Å². The zero-order valence-corrected chi connectivity index (χ0v) is 10.4. The number of anilines is 1. The normalized spacial score (nSPS) is 15.3. The average Bonchev–Trinajstić information content (AvgIpc) is 2.47. The number of hydrogen-bond donors (Lipinski definition) is 1. The highest BCUT2D eigenvalue weighted by molar-refractivity contribution is 7.14. The van der Waals surface area contributed by atoms with Crippen molar-refractivity contribution in [2.75, 3.05) is 12.3 Å².